The molecule has 0 bridgehead atoms. The van der Waals surface area contributed by atoms with E-state index in [2.05, 4.69) is 50.4 Å². The van der Waals surface area contributed by atoms with E-state index in [0.29, 0.717) is 30.7 Å². The molecule has 25 heavy (non-hydrogen) atoms. The third kappa shape index (κ3) is 6.54. The zero-order valence-corrected chi connectivity index (χ0v) is 15.7. The van der Waals surface area contributed by atoms with Crippen LogP contribution in [0.3, 0.4) is 0 Å². The molecule has 2 rings (SSSR count). The standard InChI is InChI=1S/C18H25N5OS/c1-13(15-7-5-11-25-15)12-21-18(19-3)20-10-9-17(24)23-16-8-4-6-14(2)22-16/h4-8,11,13H,9-10,12H2,1-3H3,(H2,19,20,21)(H,22,23,24). The Morgan fingerprint density at radius 2 is 2.12 bits per heavy atom. The molecule has 1 amide bonds. The molecule has 0 saturated heterocycles. The summed E-state index contributed by atoms with van der Waals surface area (Å²) in [5, 5.41) is 11.3. The first kappa shape index (κ1) is 18.9. The van der Waals surface area contributed by atoms with Gasteiger partial charge in [0.1, 0.15) is 5.82 Å². The zero-order valence-electron chi connectivity index (χ0n) is 14.9. The van der Waals surface area contributed by atoms with Crippen molar-refractivity contribution in [2.75, 3.05) is 25.5 Å². The second-order valence-corrected chi connectivity index (χ2v) is 6.74. The molecule has 0 radical (unpaired) electrons. The first-order chi connectivity index (χ1) is 12.1. The summed E-state index contributed by atoms with van der Waals surface area (Å²) in [5.41, 5.74) is 0.875. The number of hydrogen-bond donors (Lipinski definition) is 3. The molecule has 0 aliphatic carbocycles. The lowest BCUT2D eigenvalue weighted by Gasteiger charge is -2.15. The summed E-state index contributed by atoms with van der Waals surface area (Å²) < 4.78 is 0. The summed E-state index contributed by atoms with van der Waals surface area (Å²) in [5.74, 6) is 1.62. The normalized spacial score (nSPS) is 12.5. The van der Waals surface area contributed by atoms with Crippen molar-refractivity contribution in [2.24, 2.45) is 4.99 Å². The SMILES string of the molecule is CN=C(NCCC(=O)Nc1cccc(C)n1)NCC(C)c1cccs1. The maximum absolute atomic E-state index is 12.0. The Balaban J connectivity index is 1.69. The molecule has 6 nitrogen and oxygen atoms in total. The number of carbonyl (C=O) groups excluding carboxylic acids is 1. The molecule has 0 aromatic carbocycles. The third-order valence-electron chi connectivity index (χ3n) is 3.63. The second-order valence-electron chi connectivity index (χ2n) is 5.76. The summed E-state index contributed by atoms with van der Waals surface area (Å²) in [6.45, 7) is 5.36. The predicted octanol–water partition coefficient (Wildman–Crippen LogP) is 2.75. The van der Waals surface area contributed by atoms with Crippen molar-refractivity contribution in [1.29, 1.82) is 0 Å². The Morgan fingerprint density at radius 1 is 1.28 bits per heavy atom. The number of aliphatic imine (C=N–C) groups is 1. The van der Waals surface area contributed by atoms with Gasteiger partial charge in [0.15, 0.2) is 5.96 Å². The molecular weight excluding hydrogens is 334 g/mol. The topological polar surface area (TPSA) is 78.4 Å². The van der Waals surface area contributed by atoms with E-state index in [4.69, 9.17) is 0 Å². The van der Waals surface area contributed by atoms with Crippen molar-refractivity contribution in [3.63, 3.8) is 0 Å². The van der Waals surface area contributed by atoms with Gasteiger partial charge in [-0.25, -0.2) is 4.98 Å². The molecule has 0 saturated carbocycles. The Bertz CT molecular complexity index is 699. The zero-order chi connectivity index (χ0) is 18.1. The molecule has 1 unspecified atom stereocenters. The highest BCUT2D eigenvalue weighted by Crippen LogP contribution is 2.19. The van der Waals surface area contributed by atoms with Crippen molar-refractivity contribution in [1.82, 2.24) is 15.6 Å². The van der Waals surface area contributed by atoms with E-state index in [-0.39, 0.29) is 5.91 Å². The average Bonchev–Trinajstić information content (AvgIpc) is 3.12. The molecule has 1 atom stereocenters. The van der Waals surface area contributed by atoms with Crippen LogP contribution in [0, 0.1) is 6.92 Å². The number of aromatic nitrogens is 1. The molecule has 2 heterocycles. The van der Waals surface area contributed by atoms with Crippen LogP contribution in [0.25, 0.3) is 0 Å². The van der Waals surface area contributed by atoms with Crippen molar-refractivity contribution < 1.29 is 4.79 Å². The van der Waals surface area contributed by atoms with Crippen molar-refractivity contribution in [2.45, 2.75) is 26.2 Å². The van der Waals surface area contributed by atoms with E-state index in [1.54, 1.807) is 24.5 Å². The minimum absolute atomic E-state index is 0.0759. The molecule has 2 aromatic rings. The lowest BCUT2D eigenvalue weighted by molar-refractivity contribution is -0.116. The Kier molecular flexibility index (Phi) is 7.40. The molecule has 3 N–H and O–H groups in total. The maximum Gasteiger partial charge on any atom is 0.227 e. The van der Waals surface area contributed by atoms with Crippen LogP contribution < -0.4 is 16.0 Å². The predicted molar refractivity (Wildman–Crippen MR) is 104 cm³/mol. The minimum Gasteiger partial charge on any atom is -0.356 e. The summed E-state index contributed by atoms with van der Waals surface area (Å²) in [6, 6.07) is 9.74. The van der Waals surface area contributed by atoms with Gasteiger partial charge in [0, 0.05) is 43.0 Å². The van der Waals surface area contributed by atoms with Gasteiger partial charge in [-0.2, -0.15) is 0 Å². The van der Waals surface area contributed by atoms with E-state index in [0.717, 1.165) is 12.2 Å². The van der Waals surface area contributed by atoms with Crippen LogP contribution in [-0.2, 0) is 4.79 Å². The first-order valence-electron chi connectivity index (χ1n) is 8.30. The van der Waals surface area contributed by atoms with Crippen LogP contribution in [0.1, 0.15) is 29.8 Å². The number of thiophene rings is 1. The summed E-state index contributed by atoms with van der Waals surface area (Å²) in [6.07, 6.45) is 0.344. The smallest absolute Gasteiger partial charge is 0.227 e. The number of carbonyl (C=O) groups is 1. The Morgan fingerprint density at radius 3 is 2.80 bits per heavy atom. The largest absolute Gasteiger partial charge is 0.356 e. The number of hydrogen-bond acceptors (Lipinski definition) is 4. The summed E-state index contributed by atoms with van der Waals surface area (Å²) >= 11 is 1.75. The first-order valence-corrected chi connectivity index (χ1v) is 9.18. The molecule has 0 fully saturated rings. The van der Waals surface area contributed by atoms with Gasteiger partial charge < -0.3 is 16.0 Å². The molecule has 0 spiro atoms. The highest BCUT2D eigenvalue weighted by molar-refractivity contribution is 7.10. The molecular formula is C18H25N5OS. The van der Waals surface area contributed by atoms with Crippen LogP contribution >= 0.6 is 11.3 Å². The van der Waals surface area contributed by atoms with Crippen LogP contribution in [0.5, 0.6) is 0 Å². The van der Waals surface area contributed by atoms with Gasteiger partial charge in [-0.3, -0.25) is 9.79 Å². The van der Waals surface area contributed by atoms with Gasteiger partial charge in [-0.05, 0) is 30.5 Å². The van der Waals surface area contributed by atoms with E-state index in [9.17, 15) is 4.79 Å². The number of nitrogens with one attached hydrogen (secondary N) is 3. The quantitative estimate of drug-likeness (QED) is 0.525. The Labute approximate surface area is 152 Å². The fraction of sp³-hybridized carbons (Fsp3) is 0.389. The Hall–Kier alpha value is -2.41. The van der Waals surface area contributed by atoms with Gasteiger partial charge >= 0.3 is 0 Å². The van der Waals surface area contributed by atoms with Crippen molar-refractivity contribution in [3.8, 4) is 0 Å². The van der Waals surface area contributed by atoms with E-state index in [1.807, 2.05) is 19.1 Å². The van der Waals surface area contributed by atoms with Gasteiger partial charge in [-0.15, -0.1) is 11.3 Å². The lowest BCUT2D eigenvalue weighted by Crippen LogP contribution is -2.40. The highest BCUT2D eigenvalue weighted by atomic mass is 32.1. The molecule has 134 valence electrons. The number of amides is 1. The van der Waals surface area contributed by atoms with E-state index >= 15 is 0 Å². The number of rotatable bonds is 7. The number of anilines is 1. The van der Waals surface area contributed by atoms with Crippen molar-refractivity contribution >= 4 is 29.0 Å². The lowest BCUT2D eigenvalue weighted by atomic mass is 10.1. The van der Waals surface area contributed by atoms with Crippen LogP contribution in [0.2, 0.25) is 0 Å². The summed E-state index contributed by atoms with van der Waals surface area (Å²) in [4.78, 5) is 21.8. The maximum atomic E-state index is 12.0. The fourth-order valence-electron chi connectivity index (χ4n) is 2.26. The van der Waals surface area contributed by atoms with Crippen molar-refractivity contribution in [3.05, 3.63) is 46.3 Å². The fourth-order valence-corrected chi connectivity index (χ4v) is 3.04. The van der Waals surface area contributed by atoms with E-state index < -0.39 is 0 Å². The number of guanidine groups is 1. The molecule has 7 heteroatoms. The average molecular weight is 359 g/mol. The monoisotopic (exact) mass is 359 g/mol. The summed E-state index contributed by atoms with van der Waals surface area (Å²) in [7, 11) is 1.72. The van der Waals surface area contributed by atoms with Gasteiger partial charge in [0.25, 0.3) is 0 Å². The number of nitrogens with zero attached hydrogens (tertiary/aromatic N) is 2. The minimum atomic E-state index is -0.0759. The highest BCUT2D eigenvalue weighted by Gasteiger charge is 2.08. The van der Waals surface area contributed by atoms with Crippen LogP contribution in [-0.4, -0.2) is 37.0 Å². The van der Waals surface area contributed by atoms with Crippen LogP contribution in [0.4, 0.5) is 5.82 Å². The molecule has 0 aliphatic rings. The van der Waals surface area contributed by atoms with Gasteiger partial charge in [0.2, 0.25) is 5.91 Å². The second kappa shape index (κ2) is 9.78. The van der Waals surface area contributed by atoms with Crippen LogP contribution in [0.15, 0.2) is 40.7 Å². The van der Waals surface area contributed by atoms with Gasteiger partial charge in [0.05, 0.1) is 0 Å². The molecule has 0 aliphatic heterocycles. The number of pyridine rings is 1. The number of aryl methyl sites for hydroxylation is 1. The van der Waals surface area contributed by atoms with Gasteiger partial charge in [-0.1, -0.05) is 19.1 Å². The molecule has 2 aromatic heterocycles. The third-order valence-corrected chi connectivity index (χ3v) is 4.73. The van der Waals surface area contributed by atoms with E-state index in [1.165, 1.54) is 4.88 Å².